The van der Waals surface area contributed by atoms with Gasteiger partial charge in [0, 0.05) is 5.56 Å². The monoisotopic (exact) mass is 269 g/mol. The first-order valence-electron chi connectivity index (χ1n) is 5.30. The number of carbonyl (C=O) groups is 2. The van der Waals surface area contributed by atoms with E-state index in [1.165, 1.54) is 13.0 Å². The van der Waals surface area contributed by atoms with Gasteiger partial charge in [-0.3, -0.25) is 20.4 Å². The van der Waals surface area contributed by atoms with Crippen LogP contribution in [0.2, 0.25) is 0 Å². The number of aromatic hydroxyl groups is 2. The number of aliphatic hydroxyl groups is 1. The lowest BCUT2D eigenvalue weighted by Gasteiger charge is -2.20. The van der Waals surface area contributed by atoms with Gasteiger partial charge in [0.25, 0.3) is 11.8 Å². The predicted octanol–water partition coefficient (Wildman–Crippen LogP) is -1.43. The number of phenols is 2. The largest absolute Gasteiger partial charge is 0.504 e. The Balaban J connectivity index is 2.66. The second kappa shape index (κ2) is 5.55. The summed E-state index contributed by atoms with van der Waals surface area (Å²) in [6.45, 7) is 0.704. The average Bonchev–Trinajstić information content (AvgIpc) is 2.38. The highest BCUT2D eigenvalue weighted by Gasteiger charge is 2.27. The number of phenolic OH excluding ortho intramolecular Hbond substituents is 2. The van der Waals surface area contributed by atoms with Gasteiger partial charge in [-0.15, -0.1) is 0 Å². The minimum atomic E-state index is -1.52. The third-order valence-electron chi connectivity index (χ3n) is 2.37. The van der Waals surface area contributed by atoms with Gasteiger partial charge in [-0.05, 0) is 25.1 Å². The highest BCUT2D eigenvalue weighted by Crippen LogP contribution is 2.24. The van der Waals surface area contributed by atoms with E-state index in [0.717, 1.165) is 12.1 Å². The zero-order valence-electron chi connectivity index (χ0n) is 10.2. The summed E-state index contributed by atoms with van der Waals surface area (Å²) in [4.78, 5) is 23.1. The van der Waals surface area contributed by atoms with Crippen LogP contribution in [0, 0.1) is 0 Å². The number of nitrogens with one attached hydrogen (secondary N) is 2. The molecule has 8 nitrogen and oxygen atoms in total. The van der Waals surface area contributed by atoms with Gasteiger partial charge < -0.3 is 21.1 Å². The van der Waals surface area contributed by atoms with Crippen molar-refractivity contribution in [2.75, 3.05) is 6.61 Å². The van der Waals surface area contributed by atoms with E-state index in [1.807, 2.05) is 5.43 Å². The third kappa shape index (κ3) is 3.57. The van der Waals surface area contributed by atoms with Crippen LogP contribution < -0.4 is 16.6 Å². The van der Waals surface area contributed by atoms with E-state index in [2.05, 4.69) is 5.43 Å². The van der Waals surface area contributed by atoms with E-state index < -0.39 is 29.7 Å². The van der Waals surface area contributed by atoms with Gasteiger partial charge in [-0.2, -0.15) is 0 Å². The molecule has 1 aromatic rings. The average molecular weight is 269 g/mol. The molecule has 0 saturated heterocycles. The molecule has 7 N–H and O–H groups in total. The van der Waals surface area contributed by atoms with Gasteiger partial charge in [0.2, 0.25) is 0 Å². The van der Waals surface area contributed by atoms with Crippen LogP contribution in [0.1, 0.15) is 17.3 Å². The Labute approximate surface area is 108 Å². The van der Waals surface area contributed by atoms with Crippen molar-refractivity contribution in [3.05, 3.63) is 23.8 Å². The summed E-state index contributed by atoms with van der Waals surface area (Å²) in [5.74, 6) is -2.31. The van der Waals surface area contributed by atoms with Crippen molar-refractivity contribution in [2.45, 2.75) is 12.5 Å². The van der Waals surface area contributed by atoms with Crippen LogP contribution in [-0.2, 0) is 4.79 Å². The number of hydrogen-bond donors (Lipinski definition) is 6. The first-order chi connectivity index (χ1) is 8.77. The number of rotatable bonds is 3. The predicted molar refractivity (Wildman–Crippen MR) is 65.1 cm³/mol. The second-order valence-electron chi connectivity index (χ2n) is 4.19. The fraction of sp³-hybridized carbons (Fsp3) is 0.273. The van der Waals surface area contributed by atoms with Crippen molar-refractivity contribution >= 4 is 11.8 Å². The van der Waals surface area contributed by atoms with Crippen LogP contribution in [0.3, 0.4) is 0 Å². The number of carbonyl (C=O) groups excluding carboxylic acids is 2. The number of nitrogens with two attached hydrogens (primary N) is 1. The SMILES string of the molecule is CC(N)(CO)C(=O)NNC(=O)c1ccc(O)c(O)c1. The van der Waals surface area contributed by atoms with E-state index in [1.54, 1.807) is 0 Å². The molecule has 0 bridgehead atoms. The summed E-state index contributed by atoms with van der Waals surface area (Å²) < 4.78 is 0. The molecule has 1 atom stereocenters. The summed E-state index contributed by atoms with van der Waals surface area (Å²) in [5.41, 5.74) is 8.05. The molecule has 0 aliphatic carbocycles. The molecule has 0 saturated carbocycles. The van der Waals surface area contributed by atoms with E-state index in [4.69, 9.17) is 15.9 Å². The Morgan fingerprint density at radius 3 is 2.42 bits per heavy atom. The second-order valence-corrected chi connectivity index (χ2v) is 4.19. The Kier molecular flexibility index (Phi) is 4.30. The number of hydrogen-bond acceptors (Lipinski definition) is 6. The summed E-state index contributed by atoms with van der Waals surface area (Å²) in [6.07, 6.45) is 0. The molecule has 1 aromatic carbocycles. The molecule has 1 rings (SSSR count). The third-order valence-corrected chi connectivity index (χ3v) is 2.37. The maximum Gasteiger partial charge on any atom is 0.269 e. The van der Waals surface area contributed by atoms with Crippen LogP contribution in [0.25, 0.3) is 0 Å². The molecule has 8 heteroatoms. The first-order valence-corrected chi connectivity index (χ1v) is 5.30. The molecular weight excluding hydrogens is 254 g/mol. The van der Waals surface area contributed by atoms with Gasteiger partial charge in [0.1, 0.15) is 5.54 Å². The maximum atomic E-state index is 11.6. The Hall–Kier alpha value is -2.32. The molecule has 0 aliphatic heterocycles. The number of hydrazine groups is 1. The van der Waals surface area contributed by atoms with Crippen LogP contribution in [0.15, 0.2) is 18.2 Å². The lowest BCUT2D eigenvalue weighted by atomic mass is 10.1. The number of amides is 2. The van der Waals surface area contributed by atoms with Gasteiger partial charge >= 0.3 is 0 Å². The van der Waals surface area contributed by atoms with Gasteiger partial charge in [0.15, 0.2) is 11.5 Å². The smallest absolute Gasteiger partial charge is 0.269 e. The molecule has 0 spiro atoms. The lowest BCUT2D eigenvalue weighted by Crippen LogP contribution is -2.58. The number of benzene rings is 1. The summed E-state index contributed by atoms with van der Waals surface area (Å²) in [5, 5.41) is 27.2. The molecule has 0 radical (unpaired) electrons. The van der Waals surface area contributed by atoms with Crippen LogP contribution >= 0.6 is 0 Å². The molecule has 0 aliphatic rings. The maximum absolute atomic E-state index is 11.6. The first kappa shape index (κ1) is 14.7. The normalized spacial score (nSPS) is 13.4. The zero-order valence-corrected chi connectivity index (χ0v) is 10.2. The van der Waals surface area contributed by atoms with E-state index in [-0.39, 0.29) is 11.3 Å². The minimum Gasteiger partial charge on any atom is -0.504 e. The van der Waals surface area contributed by atoms with Crippen molar-refractivity contribution in [3.8, 4) is 11.5 Å². The van der Waals surface area contributed by atoms with Crippen molar-refractivity contribution in [1.29, 1.82) is 0 Å². The van der Waals surface area contributed by atoms with Crippen molar-refractivity contribution in [1.82, 2.24) is 10.9 Å². The summed E-state index contributed by atoms with van der Waals surface area (Å²) in [7, 11) is 0. The van der Waals surface area contributed by atoms with Crippen LogP contribution in [-0.4, -0.2) is 39.3 Å². The fourth-order valence-corrected chi connectivity index (χ4v) is 1.06. The minimum absolute atomic E-state index is 0.0262. The van der Waals surface area contributed by atoms with E-state index >= 15 is 0 Å². The lowest BCUT2D eigenvalue weighted by molar-refractivity contribution is -0.127. The Morgan fingerprint density at radius 2 is 1.89 bits per heavy atom. The molecule has 1 unspecified atom stereocenters. The molecule has 0 heterocycles. The molecule has 0 aromatic heterocycles. The van der Waals surface area contributed by atoms with Gasteiger partial charge in [-0.25, -0.2) is 0 Å². The number of aliphatic hydroxyl groups excluding tert-OH is 1. The fourth-order valence-electron chi connectivity index (χ4n) is 1.06. The molecule has 0 fully saturated rings. The summed E-state index contributed by atoms with van der Waals surface area (Å²) in [6, 6.07) is 3.42. The molecule has 2 amide bonds. The highest BCUT2D eigenvalue weighted by molar-refractivity contribution is 5.96. The molecule has 104 valence electrons. The topological polar surface area (TPSA) is 145 Å². The summed E-state index contributed by atoms with van der Waals surface area (Å²) >= 11 is 0. The van der Waals surface area contributed by atoms with Crippen LogP contribution in [0.4, 0.5) is 0 Å². The highest BCUT2D eigenvalue weighted by atomic mass is 16.3. The van der Waals surface area contributed by atoms with Gasteiger partial charge in [-0.1, -0.05) is 0 Å². The Bertz CT molecular complexity index is 501. The van der Waals surface area contributed by atoms with Crippen LogP contribution in [0.5, 0.6) is 11.5 Å². The van der Waals surface area contributed by atoms with E-state index in [9.17, 15) is 14.7 Å². The van der Waals surface area contributed by atoms with Crippen molar-refractivity contribution < 1.29 is 24.9 Å². The molecular formula is C11H15N3O5. The van der Waals surface area contributed by atoms with Gasteiger partial charge in [0.05, 0.1) is 6.61 Å². The van der Waals surface area contributed by atoms with E-state index in [0.29, 0.717) is 0 Å². The zero-order chi connectivity index (χ0) is 14.6. The standard InChI is InChI=1S/C11H15N3O5/c1-11(12,5-15)10(19)14-13-9(18)6-2-3-7(16)8(17)4-6/h2-4,15-17H,5,12H2,1H3,(H,13,18)(H,14,19). The van der Waals surface area contributed by atoms with Crippen molar-refractivity contribution in [2.24, 2.45) is 5.73 Å². The quantitative estimate of drug-likeness (QED) is 0.293. The Morgan fingerprint density at radius 1 is 1.26 bits per heavy atom. The molecule has 19 heavy (non-hydrogen) atoms. The van der Waals surface area contributed by atoms with Crippen molar-refractivity contribution in [3.63, 3.8) is 0 Å².